The Hall–Kier alpha value is -1.40. The molecule has 21 heavy (non-hydrogen) atoms. The summed E-state index contributed by atoms with van der Waals surface area (Å²) in [6.45, 7) is 4.70. The third-order valence-electron chi connectivity index (χ3n) is 3.47. The Balaban J connectivity index is 2.28. The topological polar surface area (TPSA) is 53.1 Å². The molecule has 0 amide bonds. The molecule has 0 bridgehead atoms. The van der Waals surface area contributed by atoms with Crippen LogP contribution in [0, 0.1) is 12.7 Å². The van der Waals surface area contributed by atoms with E-state index in [1.54, 1.807) is 12.1 Å². The van der Waals surface area contributed by atoms with Gasteiger partial charge < -0.3 is 10.5 Å². The quantitative estimate of drug-likeness (QED) is 0.894. The number of hydrogen-bond donors (Lipinski definition) is 1. The molecule has 0 saturated heterocycles. The molecular formula is C15H19BrFN3O. The maximum absolute atomic E-state index is 14.1. The molecule has 0 fully saturated rings. The van der Waals surface area contributed by atoms with Crippen molar-refractivity contribution < 1.29 is 9.13 Å². The maximum atomic E-state index is 14.1. The van der Waals surface area contributed by atoms with Crippen molar-refractivity contribution in [3.8, 4) is 5.75 Å². The zero-order valence-electron chi connectivity index (χ0n) is 12.4. The monoisotopic (exact) mass is 355 g/mol. The molecule has 2 rings (SSSR count). The Morgan fingerprint density at radius 3 is 2.76 bits per heavy atom. The molecule has 4 nitrogen and oxygen atoms in total. The van der Waals surface area contributed by atoms with Gasteiger partial charge in [0.25, 0.3) is 0 Å². The van der Waals surface area contributed by atoms with E-state index in [4.69, 9.17) is 10.5 Å². The van der Waals surface area contributed by atoms with E-state index >= 15 is 0 Å². The molecule has 114 valence electrons. The normalized spacial score (nSPS) is 12.5. The van der Waals surface area contributed by atoms with Crippen LogP contribution in [0.1, 0.15) is 29.9 Å². The molecule has 0 radical (unpaired) electrons. The van der Waals surface area contributed by atoms with Crippen molar-refractivity contribution in [2.45, 2.75) is 32.9 Å². The second-order valence-corrected chi connectivity index (χ2v) is 5.65. The fraction of sp³-hybridized carbons (Fsp3) is 0.400. The minimum atomic E-state index is -0.436. The summed E-state index contributed by atoms with van der Waals surface area (Å²) in [6.07, 6.45) is 0.512. The minimum Gasteiger partial charge on any atom is -0.497 e. The molecule has 1 aromatic carbocycles. The van der Waals surface area contributed by atoms with Gasteiger partial charge in [0.2, 0.25) is 0 Å². The van der Waals surface area contributed by atoms with Gasteiger partial charge in [0.05, 0.1) is 23.0 Å². The number of ether oxygens (including phenoxy) is 1. The first kappa shape index (κ1) is 16.0. The molecule has 0 aliphatic rings. The molecule has 1 atom stereocenters. The maximum Gasteiger partial charge on any atom is 0.131 e. The Labute approximate surface area is 132 Å². The Kier molecular flexibility index (Phi) is 5.00. The summed E-state index contributed by atoms with van der Waals surface area (Å²) >= 11 is 3.53. The Morgan fingerprint density at radius 1 is 1.48 bits per heavy atom. The summed E-state index contributed by atoms with van der Waals surface area (Å²) in [6, 6.07) is 4.31. The lowest BCUT2D eigenvalue weighted by molar-refractivity contribution is 0.410. The van der Waals surface area contributed by atoms with Crippen LogP contribution >= 0.6 is 15.9 Å². The summed E-state index contributed by atoms with van der Waals surface area (Å²) < 4.78 is 21.9. The van der Waals surface area contributed by atoms with Crippen LogP contribution < -0.4 is 10.5 Å². The van der Waals surface area contributed by atoms with E-state index in [2.05, 4.69) is 21.0 Å². The van der Waals surface area contributed by atoms with Gasteiger partial charge in [-0.3, -0.25) is 4.68 Å². The van der Waals surface area contributed by atoms with E-state index in [0.29, 0.717) is 17.7 Å². The van der Waals surface area contributed by atoms with E-state index in [9.17, 15) is 4.39 Å². The third-order valence-corrected chi connectivity index (χ3v) is 4.50. The fourth-order valence-electron chi connectivity index (χ4n) is 2.32. The summed E-state index contributed by atoms with van der Waals surface area (Å²) in [5, 5.41) is 4.43. The van der Waals surface area contributed by atoms with Crippen molar-refractivity contribution in [2.75, 3.05) is 7.11 Å². The molecule has 0 aliphatic heterocycles. The molecule has 0 aliphatic carbocycles. The van der Waals surface area contributed by atoms with Crippen molar-refractivity contribution in [3.05, 3.63) is 45.4 Å². The molecule has 1 aromatic heterocycles. The number of rotatable bonds is 5. The van der Waals surface area contributed by atoms with Gasteiger partial charge in [-0.05, 0) is 35.8 Å². The predicted molar refractivity (Wildman–Crippen MR) is 83.9 cm³/mol. The SMILES string of the molecule is CCn1nc(C)c(Br)c1CC(N)c1ccc(OC)cc1F. The van der Waals surface area contributed by atoms with Crippen LogP contribution in [0.2, 0.25) is 0 Å². The molecule has 0 spiro atoms. The first-order valence-corrected chi connectivity index (χ1v) is 7.58. The first-order valence-electron chi connectivity index (χ1n) is 6.78. The van der Waals surface area contributed by atoms with Crippen molar-refractivity contribution >= 4 is 15.9 Å². The number of methoxy groups -OCH3 is 1. The number of aromatic nitrogens is 2. The Bertz CT molecular complexity index is 642. The molecule has 1 heterocycles. The summed E-state index contributed by atoms with van der Waals surface area (Å²) in [5.41, 5.74) is 8.55. The molecule has 2 aromatic rings. The van der Waals surface area contributed by atoms with Crippen LogP contribution in [-0.4, -0.2) is 16.9 Å². The van der Waals surface area contributed by atoms with Gasteiger partial charge in [-0.25, -0.2) is 4.39 Å². The van der Waals surface area contributed by atoms with Gasteiger partial charge in [-0.15, -0.1) is 0 Å². The van der Waals surface area contributed by atoms with E-state index < -0.39 is 6.04 Å². The standard InChI is InChI=1S/C15H19BrFN3O/c1-4-20-14(15(16)9(2)19-20)8-13(18)11-6-5-10(21-3)7-12(11)17/h5-7,13H,4,8,18H2,1-3H3. The molecular weight excluding hydrogens is 337 g/mol. The zero-order valence-corrected chi connectivity index (χ0v) is 13.9. The number of halogens is 2. The third kappa shape index (κ3) is 3.27. The number of nitrogens with two attached hydrogens (primary N) is 1. The molecule has 6 heteroatoms. The second kappa shape index (κ2) is 6.58. The first-order chi connectivity index (χ1) is 9.97. The van der Waals surface area contributed by atoms with Crippen LogP contribution in [0.5, 0.6) is 5.75 Å². The van der Waals surface area contributed by atoms with Gasteiger partial charge >= 0.3 is 0 Å². The van der Waals surface area contributed by atoms with Crippen LogP contribution in [0.4, 0.5) is 4.39 Å². The van der Waals surface area contributed by atoms with Crippen molar-refractivity contribution in [3.63, 3.8) is 0 Å². The second-order valence-electron chi connectivity index (χ2n) is 4.86. The molecule has 2 N–H and O–H groups in total. The summed E-state index contributed by atoms with van der Waals surface area (Å²) in [5.74, 6) is 0.135. The van der Waals surface area contributed by atoms with E-state index in [1.165, 1.54) is 13.2 Å². The number of nitrogens with zero attached hydrogens (tertiary/aromatic N) is 2. The van der Waals surface area contributed by atoms with Crippen LogP contribution in [0.15, 0.2) is 22.7 Å². The van der Waals surface area contributed by atoms with Gasteiger partial charge in [0.1, 0.15) is 11.6 Å². The minimum absolute atomic E-state index is 0.350. The summed E-state index contributed by atoms with van der Waals surface area (Å²) in [7, 11) is 1.51. The lowest BCUT2D eigenvalue weighted by atomic mass is 10.0. The highest BCUT2D eigenvalue weighted by atomic mass is 79.9. The average molecular weight is 356 g/mol. The van der Waals surface area contributed by atoms with E-state index in [-0.39, 0.29) is 5.82 Å². The van der Waals surface area contributed by atoms with Gasteiger partial charge in [0.15, 0.2) is 0 Å². The van der Waals surface area contributed by atoms with Gasteiger partial charge in [0, 0.05) is 30.6 Å². The number of benzene rings is 1. The van der Waals surface area contributed by atoms with Crippen LogP contribution in [-0.2, 0) is 13.0 Å². The van der Waals surface area contributed by atoms with Crippen molar-refractivity contribution in [2.24, 2.45) is 5.73 Å². The van der Waals surface area contributed by atoms with E-state index in [0.717, 1.165) is 22.4 Å². The average Bonchev–Trinajstić information content (AvgIpc) is 2.74. The highest BCUT2D eigenvalue weighted by molar-refractivity contribution is 9.10. The van der Waals surface area contributed by atoms with Crippen LogP contribution in [0.25, 0.3) is 0 Å². The largest absolute Gasteiger partial charge is 0.497 e. The highest BCUT2D eigenvalue weighted by Gasteiger charge is 2.19. The Morgan fingerprint density at radius 2 is 2.19 bits per heavy atom. The smallest absolute Gasteiger partial charge is 0.131 e. The van der Waals surface area contributed by atoms with Gasteiger partial charge in [-0.1, -0.05) is 6.07 Å². The zero-order chi connectivity index (χ0) is 15.6. The lowest BCUT2D eigenvalue weighted by Gasteiger charge is -2.15. The molecule has 0 saturated carbocycles. The lowest BCUT2D eigenvalue weighted by Crippen LogP contribution is -2.17. The van der Waals surface area contributed by atoms with Crippen LogP contribution in [0.3, 0.4) is 0 Å². The van der Waals surface area contributed by atoms with E-state index in [1.807, 2.05) is 18.5 Å². The van der Waals surface area contributed by atoms with Crippen molar-refractivity contribution in [1.29, 1.82) is 0 Å². The summed E-state index contributed by atoms with van der Waals surface area (Å²) in [4.78, 5) is 0. The fourth-order valence-corrected chi connectivity index (χ4v) is 2.76. The van der Waals surface area contributed by atoms with Gasteiger partial charge in [-0.2, -0.15) is 5.10 Å². The number of hydrogen-bond acceptors (Lipinski definition) is 3. The number of aryl methyl sites for hydroxylation is 2. The predicted octanol–water partition coefficient (Wildman–Crippen LogP) is 3.36. The highest BCUT2D eigenvalue weighted by Crippen LogP contribution is 2.27. The van der Waals surface area contributed by atoms with Crippen molar-refractivity contribution in [1.82, 2.24) is 9.78 Å². The molecule has 1 unspecified atom stereocenters.